The summed E-state index contributed by atoms with van der Waals surface area (Å²) in [5, 5.41) is 11.6. The Morgan fingerprint density at radius 2 is 1.84 bits per heavy atom. The summed E-state index contributed by atoms with van der Waals surface area (Å²) in [6, 6.07) is 14.5. The van der Waals surface area contributed by atoms with Crippen molar-refractivity contribution in [2.75, 3.05) is 0 Å². The van der Waals surface area contributed by atoms with Crippen LogP contribution in [0.15, 0.2) is 59.9 Å². The predicted octanol–water partition coefficient (Wildman–Crippen LogP) is -1.33. The maximum absolute atomic E-state index is 12.0. The van der Waals surface area contributed by atoms with Crippen LogP contribution in [0.1, 0.15) is 16.1 Å². The first kappa shape index (κ1) is 15.0. The monoisotopic (exact) mass is 320 g/mol. The van der Waals surface area contributed by atoms with Crippen LogP contribution in [-0.4, -0.2) is 17.2 Å². The summed E-state index contributed by atoms with van der Waals surface area (Å²) in [6.45, 7) is 0.214. The standard InChI is InChI=1S/C14H12N2O2.BrH/c17-14(12-6-2-1-3-7-12)11-16-9-5-4-8-13(16)10-15-18;/h1-10H,11H2;1H. The van der Waals surface area contributed by atoms with E-state index in [9.17, 15) is 4.79 Å². The van der Waals surface area contributed by atoms with E-state index in [0.29, 0.717) is 11.3 Å². The van der Waals surface area contributed by atoms with Crippen molar-refractivity contribution >= 4 is 12.0 Å². The van der Waals surface area contributed by atoms with Crippen LogP contribution in [0.3, 0.4) is 0 Å². The summed E-state index contributed by atoms with van der Waals surface area (Å²) < 4.78 is 1.73. The highest BCUT2D eigenvalue weighted by Crippen LogP contribution is 2.00. The van der Waals surface area contributed by atoms with E-state index < -0.39 is 0 Å². The zero-order valence-corrected chi connectivity index (χ0v) is 11.7. The molecule has 1 aromatic heterocycles. The van der Waals surface area contributed by atoms with E-state index in [2.05, 4.69) is 5.16 Å². The molecule has 0 atom stereocenters. The molecule has 0 amide bonds. The Morgan fingerprint density at radius 3 is 2.53 bits per heavy atom. The van der Waals surface area contributed by atoms with Crippen LogP contribution in [0, 0.1) is 0 Å². The van der Waals surface area contributed by atoms with Gasteiger partial charge in [-0.15, -0.1) is 0 Å². The molecule has 0 saturated carbocycles. The van der Waals surface area contributed by atoms with E-state index in [1.807, 2.05) is 30.3 Å². The molecule has 0 spiro atoms. The molecular weight excluding hydrogens is 308 g/mol. The first-order chi connectivity index (χ1) is 8.81. The Kier molecular flexibility index (Phi) is 5.89. The minimum atomic E-state index is 0. The maximum atomic E-state index is 12.0. The van der Waals surface area contributed by atoms with Gasteiger partial charge in [0.05, 0.1) is 0 Å². The summed E-state index contributed by atoms with van der Waals surface area (Å²) in [5.74, 6) is 0.0133. The molecule has 0 bridgehead atoms. The SMILES string of the molecule is O=C(C[n+]1ccccc1/C=N/O)c1ccccc1.[Br-]. The van der Waals surface area contributed by atoms with Crippen molar-refractivity contribution in [3.05, 3.63) is 66.0 Å². The van der Waals surface area contributed by atoms with Crippen molar-refractivity contribution in [2.24, 2.45) is 5.16 Å². The molecule has 0 saturated heterocycles. The number of hydrogen-bond donors (Lipinski definition) is 1. The van der Waals surface area contributed by atoms with Crippen molar-refractivity contribution in [3.8, 4) is 0 Å². The van der Waals surface area contributed by atoms with Gasteiger partial charge in [0.2, 0.25) is 18.0 Å². The summed E-state index contributed by atoms with van der Waals surface area (Å²) >= 11 is 0. The van der Waals surface area contributed by atoms with E-state index in [0.717, 1.165) is 0 Å². The van der Waals surface area contributed by atoms with E-state index in [-0.39, 0.29) is 29.3 Å². The normalized spacial score (nSPS) is 10.1. The third kappa shape index (κ3) is 3.99. The van der Waals surface area contributed by atoms with Crippen molar-refractivity contribution in [1.82, 2.24) is 0 Å². The lowest BCUT2D eigenvalue weighted by Gasteiger charge is -2.00. The van der Waals surface area contributed by atoms with Gasteiger partial charge >= 0.3 is 0 Å². The van der Waals surface area contributed by atoms with Crippen molar-refractivity contribution in [2.45, 2.75) is 6.54 Å². The van der Waals surface area contributed by atoms with Crippen molar-refractivity contribution in [1.29, 1.82) is 0 Å². The number of halogens is 1. The summed E-state index contributed by atoms with van der Waals surface area (Å²) in [6.07, 6.45) is 3.08. The zero-order valence-electron chi connectivity index (χ0n) is 10.1. The van der Waals surface area contributed by atoms with Crippen molar-refractivity contribution < 1.29 is 31.6 Å². The molecule has 0 unspecified atom stereocenters. The predicted molar refractivity (Wildman–Crippen MR) is 66.8 cm³/mol. The molecule has 0 fully saturated rings. The van der Waals surface area contributed by atoms with Gasteiger partial charge in [-0.3, -0.25) is 4.79 Å². The summed E-state index contributed by atoms with van der Waals surface area (Å²) in [5.41, 5.74) is 1.34. The number of nitrogens with zero attached hydrogens (tertiary/aromatic N) is 2. The molecule has 1 N–H and O–H groups in total. The average Bonchev–Trinajstić information content (AvgIpc) is 2.42. The highest BCUT2D eigenvalue weighted by molar-refractivity contribution is 5.95. The smallest absolute Gasteiger partial charge is 0.227 e. The van der Waals surface area contributed by atoms with Gasteiger partial charge in [-0.05, 0) is 6.07 Å². The van der Waals surface area contributed by atoms with Gasteiger partial charge in [0.25, 0.3) is 0 Å². The minimum absolute atomic E-state index is 0. The number of pyridine rings is 1. The van der Waals surface area contributed by atoms with Crippen LogP contribution in [0.2, 0.25) is 0 Å². The van der Waals surface area contributed by atoms with Gasteiger partial charge < -0.3 is 22.2 Å². The fourth-order valence-electron chi connectivity index (χ4n) is 1.68. The minimum Gasteiger partial charge on any atom is -1.00 e. The number of ketones is 1. The second-order valence-corrected chi connectivity index (χ2v) is 3.79. The summed E-state index contributed by atoms with van der Waals surface area (Å²) in [7, 11) is 0. The van der Waals surface area contributed by atoms with Crippen LogP contribution >= 0.6 is 0 Å². The molecule has 1 heterocycles. The molecule has 19 heavy (non-hydrogen) atoms. The van der Waals surface area contributed by atoms with E-state index in [4.69, 9.17) is 5.21 Å². The van der Waals surface area contributed by atoms with Crippen molar-refractivity contribution in [3.63, 3.8) is 0 Å². The lowest BCUT2D eigenvalue weighted by Crippen LogP contribution is -3.00. The average molecular weight is 321 g/mol. The Morgan fingerprint density at radius 1 is 1.16 bits per heavy atom. The van der Waals surface area contributed by atoms with E-state index in [1.54, 1.807) is 29.0 Å². The number of benzene rings is 1. The summed E-state index contributed by atoms with van der Waals surface area (Å²) in [4.78, 5) is 12.0. The molecule has 98 valence electrons. The van der Waals surface area contributed by atoms with Gasteiger partial charge in [0.1, 0.15) is 6.21 Å². The lowest BCUT2D eigenvalue weighted by atomic mass is 10.1. The Labute approximate surface area is 121 Å². The number of oxime groups is 1. The molecule has 0 aliphatic heterocycles. The molecule has 1 aromatic carbocycles. The number of carbonyl (C=O) groups excluding carboxylic acids is 1. The Bertz CT molecular complexity index is 571. The van der Waals surface area contributed by atoms with Crippen LogP contribution < -0.4 is 21.5 Å². The number of rotatable bonds is 4. The van der Waals surface area contributed by atoms with Gasteiger partial charge in [0.15, 0.2) is 6.20 Å². The van der Waals surface area contributed by atoms with Crippen LogP contribution in [0.4, 0.5) is 0 Å². The van der Waals surface area contributed by atoms with E-state index in [1.165, 1.54) is 6.21 Å². The van der Waals surface area contributed by atoms with Gasteiger partial charge in [-0.25, -0.2) is 0 Å². The molecule has 2 rings (SSSR count). The highest BCUT2D eigenvalue weighted by atomic mass is 79.9. The highest BCUT2D eigenvalue weighted by Gasteiger charge is 2.14. The van der Waals surface area contributed by atoms with Crippen LogP contribution in [-0.2, 0) is 6.54 Å². The van der Waals surface area contributed by atoms with Crippen LogP contribution in [0.5, 0.6) is 0 Å². The Balaban J connectivity index is 0.00000180. The first-order valence-electron chi connectivity index (χ1n) is 5.55. The Hall–Kier alpha value is -2.01. The van der Waals surface area contributed by atoms with Crippen LogP contribution in [0.25, 0.3) is 0 Å². The number of Topliss-reactive ketones (excluding diaryl/α,β-unsaturated/α-hetero) is 1. The number of aromatic nitrogens is 1. The second kappa shape index (κ2) is 7.43. The van der Waals surface area contributed by atoms with Gasteiger partial charge in [-0.2, -0.15) is 4.57 Å². The maximum Gasteiger partial charge on any atom is 0.227 e. The molecule has 2 aromatic rings. The largest absolute Gasteiger partial charge is 1.00 e. The number of hydrogen-bond acceptors (Lipinski definition) is 3. The first-order valence-corrected chi connectivity index (χ1v) is 5.55. The molecule has 4 nitrogen and oxygen atoms in total. The number of carbonyl (C=O) groups is 1. The molecule has 0 aliphatic rings. The molecule has 0 aliphatic carbocycles. The zero-order chi connectivity index (χ0) is 12.8. The second-order valence-electron chi connectivity index (χ2n) is 3.79. The van der Waals surface area contributed by atoms with Gasteiger partial charge in [-0.1, -0.05) is 35.5 Å². The molecule has 5 heteroatoms. The van der Waals surface area contributed by atoms with E-state index >= 15 is 0 Å². The quantitative estimate of drug-likeness (QED) is 0.249. The lowest BCUT2D eigenvalue weighted by molar-refractivity contribution is -0.684. The molecular formula is C14H13BrN2O2. The fraction of sp³-hybridized carbons (Fsp3) is 0.0714. The van der Waals surface area contributed by atoms with Gasteiger partial charge in [0, 0.05) is 17.7 Å². The third-order valence-corrected chi connectivity index (χ3v) is 2.58. The topological polar surface area (TPSA) is 53.5 Å². The fourth-order valence-corrected chi connectivity index (χ4v) is 1.68. The molecule has 0 radical (unpaired) electrons. The third-order valence-electron chi connectivity index (χ3n) is 2.58.